The molecule has 0 amide bonds. The second-order valence-electron chi connectivity index (χ2n) is 1.21. The quantitative estimate of drug-likeness (QED) is 0.556. The van der Waals surface area contributed by atoms with E-state index in [0.29, 0.717) is 0 Å². The van der Waals surface area contributed by atoms with Gasteiger partial charge in [-0.2, -0.15) is 0 Å². The van der Waals surface area contributed by atoms with Crippen LogP contribution in [0, 0.1) is 11.8 Å². The fourth-order valence-electron chi connectivity index (χ4n) is 0.354. The highest BCUT2D eigenvalue weighted by Crippen LogP contribution is 1.99. The summed E-state index contributed by atoms with van der Waals surface area (Å²) in [6, 6.07) is 3.25. The number of aromatic hydroxyl groups is 1. The predicted molar refractivity (Wildman–Crippen MR) is 32.6 cm³/mol. The Hall–Kier alpha value is -1.56. The minimum Gasteiger partial charge on any atom is -0.506 e. The lowest BCUT2D eigenvalue weighted by atomic mass is 10.5. The summed E-state index contributed by atoms with van der Waals surface area (Å²) >= 11 is 0. The SMILES string of the molecule is C#N.Oc1cccnc1. The van der Waals surface area contributed by atoms with E-state index in [0.717, 1.165) is 0 Å². The molecule has 1 heterocycles. The van der Waals surface area contributed by atoms with Crippen molar-refractivity contribution in [2.45, 2.75) is 0 Å². The van der Waals surface area contributed by atoms with Crippen LogP contribution in [0.1, 0.15) is 0 Å². The van der Waals surface area contributed by atoms with Gasteiger partial charge in [-0.15, -0.1) is 0 Å². The van der Waals surface area contributed by atoms with Gasteiger partial charge in [0.05, 0.1) is 6.20 Å². The molecule has 0 saturated carbocycles. The molecule has 1 rings (SSSR count). The van der Waals surface area contributed by atoms with Crippen molar-refractivity contribution in [3.05, 3.63) is 24.5 Å². The van der Waals surface area contributed by atoms with Gasteiger partial charge in [-0.05, 0) is 12.1 Å². The Morgan fingerprint density at radius 1 is 1.56 bits per heavy atom. The molecule has 0 spiro atoms. The first kappa shape index (κ1) is 7.44. The number of aromatic nitrogens is 1. The topological polar surface area (TPSA) is 56.9 Å². The van der Waals surface area contributed by atoms with Crippen molar-refractivity contribution >= 4 is 0 Å². The maximum absolute atomic E-state index is 8.57. The molecule has 0 unspecified atom stereocenters. The number of hydrogen-bond acceptors (Lipinski definition) is 3. The van der Waals surface area contributed by atoms with E-state index in [9.17, 15) is 0 Å². The van der Waals surface area contributed by atoms with E-state index >= 15 is 0 Å². The number of nitriles is 1. The number of pyridine rings is 1. The summed E-state index contributed by atoms with van der Waals surface area (Å²) in [7, 11) is 0. The van der Waals surface area contributed by atoms with Crippen LogP contribution in [0.3, 0.4) is 0 Å². The largest absolute Gasteiger partial charge is 0.506 e. The zero-order chi connectivity index (χ0) is 7.11. The Labute approximate surface area is 53.2 Å². The van der Waals surface area contributed by atoms with Crippen molar-refractivity contribution in [3.63, 3.8) is 0 Å². The lowest BCUT2D eigenvalue weighted by Crippen LogP contribution is -1.64. The standard InChI is InChI=1S/C5H5NO.CHN/c7-5-2-1-3-6-4-5;1-2/h1-4,7H;1H. The van der Waals surface area contributed by atoms with Gasteiger partial charge in [-0.3, -0.25) is 4.98 Å². The average Bonchev–Trinajstić information content (AvgIpc) is 1.94. The van der Waals surface area contributed by atoms with Gasteiger partial charge in [-0.1, -0.05) is 0 Å². The third-order valence-corrected chi connectivity index (χ3v) is 0.646. The number of rotatable bonds is 0. The number of nitrogens with zero attached hydrogens (tertiary/aromatic N) is 2. The Morgan fingerprint density at radius 2 is 2.22 bits per heavy atom. The summed E-state index contributed by atoms with van der Waals surface area (Å²) in [4.78, 5) is 3.63. The van der Waals surface area contributed by atoms with Gasteiger partial charge in [0.1, 0.15) is 5.75 Å². The van der Waals surface area contributed by atoms with Gasteiger partial charge in [-0.25, -0.2) is 5.26 Å². The molecule has 1 aromatic heterocycles. The van der Waals surface area contributed by atoms with Gasteiger partial charge in [0.15, 0.2) is 0 Å². The molecule has 0 radical (unpaired) electrons. The monoisotopic (exact) mass is 122 g/mol. The van der Waals surface area contributed by atoms with Crippen LogP contribution in [0.15, 0.2) is 24.5 Å². The Bertz CT molecular complexity index is 171. The zero-order valence-corrected chi connectivity index (χ0v) is 4.73. The molecule has 0 atom stereocenters. The summed E-state index contributed by atoms with van der Waals surface area (Å²) < 4.78 is 0. The maximum Gasteiger partial charge on any atom is 0.133 e. The highest BCUT2D eigenvalue weighted by atomic mass is 16.3. The second-order valence-corrected chi connectivity index (χ2v) is 1.21. The summed E-state index contributed by atoms with van der Waals surface area (Å²) in [6.07, 6.45) is 3.00. The van der Waals surface area contributed by atoms with Crippen LogP contribution in [-0.4, -0.2) is 10.1 Å². The van der Waals surface area contributed by atoms with E-state index in [1.807, 2.05) is 0 Å². The fourth-order valence-corrected chi connectivity index (χ4v) is 0.354. The van der Waals surface area contributed by atoms with Crippen LogP contribution in [-0.2, 0) is 0 Å². The van der Waals surface area contributed by atoms with E-state index in [1.54, 1.807) is 18.3 Å². The van der Waals surface area contributed by atoms with Crippen molar-refractivity contribution in [1.29, 1.82) is 5.26 Å². The molecule has 46 valence electrons. The Kier molecular flexibility index (Phi) is 3.80. The first-order valence-electron chi connectivity index (χ1n) is 2.24. The first-order valence-corrected chi connectivity index (χ1v) is 2.24. The lowest BCUT2D eigenvalue weighted by Gasteiger charge is -1.81. The summed E-state index contributed by atoms with van der Waals surface area (Å²) in [5.41, 5.74) is 0. The number of hydrogen-bond donors (Lipinski definition) is 1. The Morgan fingerprint density at radius 3 is 2.44 bits per heavy atom. The molecule has 0 fully saturated rings. The summed E-state index contributed by atoms with van der Waals surface area (Å²) in [5.74, 6) is 0.211. The third kappa shape index (κ3) is 3.06. The maximum atomic E-state index is 8.57. The van der Waals surface area contributed by atoms with Crippen LogP contribution in [0.25, 0.3) is 0 Å². The van der Waals surface area contributed by atoms with Crippen molar-refractivity contribution in [2.24, 2.45) is 0 Å². The molecular formula is C6H6N2O. The van der Waals surface area contributed by atoms with E-state index in [-0.39, 0.29) is 5.75 Å². The highest BCUT2D eigenvalue weighted by molar-refractivity contribution is 5.12. The molecule has 3 heteroatoms. The zero-order valence-electron chi connectivity index (χ0n) is 4.73. The fraction of sp³-hybridized carbons (Fsp3) is 0. The molecular weight excluding hydrogens is 116 g/mol. The average molecular weight is 122 g/mol. The van der Waals surface area contributed by atoms with Crippen LogP contribution >= 0.6 is 0 Å². The second kappa shape index (κ2) is 4.60. The molecule has 9 heavy (non-hydrogen) atoms. The van der Waals surface area contributed by atoms with Crippen molar-refractivity contribution in [1.82, 2.24) is 4.98 Å². The smallest absolute Gasteiger partial charge is 0.133 e. The van der Waals surface area contributed by atoms with Gasteiger partial charge in [0, 0.05) is 12.8 Å². The molecule has 0 bridgehead atoms. The minimum atomic E-state index is 0.211. The van der Waals surface area contributed by atoms with Crippen molar-refractivity contribution in [3.8, 4) is 12.3 Å². The van der Waals surface area contributed by atoms with Gasteiger partial charge in [0.2, 0.25) is 0 Å². The van der Waals surface area contributed by atoms with E-state index in [2.05, 4.69) is 11.6 Å². The van der Waals surface area contributed by atoms with Crippen LogP contribution in [0.2, 0.25) is 0 Å². The molecule has 0 aliphatic rings. The van der Waals surface area contributed by atoms with Crippen LogP contribution in [0.5, 0.6) is 5.75 Å². The van der Waals surface area contributed by atoms with Crippen LogP contribution in [0.4, 0.5) is 0 Å². The van der Waals surface area contributed by atoms with Crippen molar-refractivity contribution in [2.75, 3.05) is 0 Å². The molecule has 0 saturated heterocycles. The summed E-state index contributed by atoms with van der Waals surface area (Å²) in [6.45, 7) is 3.50. The van der Waals surface area contributed by atoms with Gasteiger partial charge in [0.25, 0.3) is 0 Å². The molecule has 0 aliphatic heterocycles. The highest BCUT2D eigenvalue weighted by Gasteiger charge is 1.76. The minimum absolute atomic E-state index is 0.211. The third-order valence-electron chi connectivity index (χ3n) is 0.646. The van der Waals surface area contributed by atoms with E-state index < -0.39 is 0 Å². The normalized spacial score (nSPS) is 6.89. The molecule has 3 nitrogen and oxygen atoms in total. The predicted octanol–water partition coefficient (Wildman–Crippen LogP) is 0.927. The molecule has 0 aromatic carbocycles. The molecule has 1 aromatic rings. The molecule has 0 aliphatic carbocycles. The van der Waals surface area contributed by atoms with Crippen molar-refractivity contribution < 1.29 is 5.11 Å². The van der Waals surface area contributed by atoms with E-state index in [4.69, 9.17) is 10.4 Å². The van der Waals surface area contributed by atoms with E-state index in [1.165, 1.54) is 6.20 Å². The van der Waals surface area contributed by atoms with Gasteiger partial charge >= 0.3 is 0 Å². The first-order chi connectivity index (χ1) is 4.39. The lowest BCUT2D eigenvalue weighted by molar-refractivity contribution is 0.472. The Balaban J connectivity index is 0.000000291. The molecule has 1 N–H and O–H groups in total. The van der Waals surface area contributed by atoms with Crippen LogP contribution < -0.4 is 0 Å². The van der Waals surface area contributed by atoms with Gasteiger partial charge < -0.3 is 5.11 Å². The summed E-state index contributed by atoms with van der Waals surface area (Å²) in [5, 5.41) is 15.1.